The third kappa shape index (κ3) is 5.09. The van der Waals surface area contributed by atoms with Gasteiger partial charge in [-0.2, -0.15) is 0 Å². The van der Waals surface area contributed by atoms with Gasteiger partial charge in [-0.25, -0.2) is 18.2 Å². The van der Waals surface area contributed by atoms with Crippen LogP contribution in [0.2, 0.25) is 0 Å². The van der Waals surface area contributed by atoms with E-state index in [-0.39, 0.29) is 23.6 Å². The van der Waals surface area contributed by atoms with Crippen LogP contribution in [-0.4, -0.2) is 22.0 Å². The molecule has 6 nitrogen and oxygen atoms in total. The maximum atomic E-state index is 14.7. The zero-order valence-corrected chi connectivity index (χ0v) is 16.8. The Bertz CT molecular complexity index is 1410. The summed E-state index contributed by atoms with van der Waals surface area (Å²) in [5.74, 6) is -3.84. The van der Waals surface area contributed by atoms with Crippen molar-refractivity contribution >= 4 is 34.7 Å². The van der Waals surface area contributed by atoms with E-state index in [1.165, 1.54) is 18.2 Å². The van der Waals surface area contributed by atoms with E-state index in [1.807, 2.05) is 0 Å². The average Bonchev–Trinajstić information content (AvgIpc) is 3.17. The fraction of sp³-hybridized carbons (Fsp3) is 0.0417. The highest BCUT2D eigenvalue weighted by Gasteiger charge is 2.14. The molecule has 0 aliphatic rings. The van der Waals surface area contributed by atoms with Gasteiger partial charge in [-0.3, -0.25) is 9.59 Å². The summed E-state index contributed by atoms with van der Waals surface area (Å²) in [6, 6.07) is 11.5. The van der Waals surface area contributed by atoms with Gasteiger partial charge >= 0.3 is 5.97 Å². The Morgan fingerprint density at radius 1 is 1.00 bits per heavy atom. The number of hydrogen-bond donors (Lipinski definition) is 2. The molecule has 4 aromatic rings. The molecule has 2 N–H and O–H groups in total. The van der Waals surface area contributed by atoms with Crippen molar-refractivity contribution in [3.63, 3.8) is 0 Å². The number of aliphatic carboxylic acids is 1. The number of carbonyl (C=O) groups is 2. The largest absolute Gasteiger partial charge is 0.481 e. The third-order valence-electron chi connectivity index (χ3n) is 4.64. The number of halogens is 3. The van der Waals surface area contributed by atoms with Crippen LogP contribution in [0.5, 0.6) is 0 Å². The number of anilines is 1. The summed E-state index contributed by atoms with van der Waals surface area (Å²) >= 11 is 0. The van der Waals surface area contributed by atoms with E-state index in [4.69, 9.17) is 9.52 Å². The second-order valence-electron chi connectivity index (χ2n) is 7.08. The minimum absolute atomic E-state index is 0.0184. The molecule has 0 atom stereocenters. The molecule has 0 saturated carbocycles. The van der Waals surface area contributed by atoms with Gasteiger partial charge in [0.05, 0.1) is 17.7 Å². The normalized spacial score (nSPS) is 11.2. The van der Waals surface area contributed by atoms with Crippen molar-refractivity contribution in [1.29, 1.82) is 0 Å². The van der Waals surface area contributed by atoms with Gasteiger partial charge in [0.1, 0.15) is 23.0 Å². The SMILES string of the molecule is O=C(O)Cc1ccc2oc(-c3ccc(/C=C/C(=O)Nc4cc(F)ccc4F)cc3F)nc2c1. The summed E-state index contributed by atoms with van der Waals surface area (Å²) in [5, 5.41) is 11.1. The van der Waals surface area contributed by atoms with Gasteiger partial charge in [0, 0.05) is 12.1 Å². The van der Waals surface area contributed by atoms with Crippen molar-refractivity contribution in [2.75, 3.05) is 5.32 Å². The van der Waals surface area contributed by atoms with Crippen molar-refractivity contribution < 1.29 is 32.3 Å². The Labute approximate surface area is 185 Å². The van der Waals surface area contributed by atoms with Gasteiger partial charge in [-0.1, -0.05) is 12.1 Å². The maximum Gasteiger partial charge on any atom is 0.307 e. The highest BCUT2D eigenvalue weighted by atomic mass is 19.1. The van der Waals surface area contributed by atoms with Crippen LogP contribution in [-0.2, 0) is 16.0 Å². The first-order valence-corrected chi connectivity index (χ1v) is 9.64. The molecule has 33 heavy (non-hydrogen) atoms. The number of hydrogen-bond acceptors (Lipinski definition) is 4. The molecule has 0 bridgehead atoms. The minimum Gasteiger partial charge on any atom is -0.481 e. The lowest BCUT2D eigenvalue weighted by Gasteiger charge is -2.04. The summed E-state index contributed by atoms with van der Waals surface area (Å²) in [7, 11) is 0. The van der Waals surface area contributed by atoms with E-state index >= 15 is 0 Å². The van der Waals surface area contributed by atoms with E-state index in [0.29, 0.717) is 22.2 Å². The van der Waals surface area contributed by atoms with Crippen molar-refractivity contribution in [2.24, 2.45) is 0 Å². The molecule has 0 spiro atoms. The number of aromatic nitrogens is 1. The Balaban J connectivity index is 1.51. The fourth-order valence-electron chi connectivity index (χ4n) is 3.12. The number of carbonyl (C=O) groups excluding carboxylic acids is 1. The third-order valence-corrected chi connectivity index (χ3v) is 4.64. The molecule has 1 aromatic heterocycles. The van der Waals surface area contributed by atoms with Crippen LogP contribution in [0.25, 0.3) is 28.6 Å². The standard InChI is InChI=1S/C24H15F3N2O4/c25-15-4-6-17(26)19(12-15)28-22(30)8-3-13-1-5-16(18(27)9-13)24-29-20-10-14(11-23(31)32)2-7-21(20)33-24/h1-10,12H,11H2,(H,28,30)(H,31,32)/b8-3+. The second-order valence-corrected chi connectivity index (χ2v) is 7.08. The van der Waals surface area contributed by atoms with Crippen LogP contribution in [0, 0.1) is 17.5 Å². The fourth-order valence-corrected chi connectivity index (χ4v) is 3.12. The Morgan fingerprint density at radius 2 is 1.82 bits per heavy atom. The molecular weight excluding hydrogens is 437 g/mol. The number of oxazole rings is 1. The number of nitrogens with one attached hydrogen (secondary N) is 1. The van der Waals surface area contributed by atoms with Crippen molar-refractivity contribution in [3.8, 4) is 11.5 Å². The molecule has 0 fully saturated rings. The quantitative estimate of drug-likeness (QED) is 0.393. The van der Waals surface area contributed by atoms with E-state index in [1.54, 1.807) is 18.2 Å². The van der Waals surface area contributed by atoms with Crippen LogP contribution in [0.4, 0.5) is 18.9 Å². The lowest BCUT2D eigenvalue weighted by atomic mass is 10.1. The van der Waals surface area contributed by atoms with E-state index in [2.05, 4.69) is 10.3 Å². The van der Waals surface area contributed by atoms with Gasteiger partial charge < -0.3 is 14.8 Å². The van der Waals surface area contributed by atoms with Crippen molar-refractivity contribution in [3.05, 3.63) is 89.3 Å². The van der Waals surface area contributed by atoms with Crippen LogP contribution >= 0.6 is 0 Å². The predicted octanol–water partition coefficient (Wildman–Crippen LogP) is 5.19. The van der Waals surface area contributed by atoms with E-state index in [0.717, 1.165) is 30.3 Å². The molecule has 3 aromatic carbocycles. The van der Waals surface area contributed by atoms with Gasteiger partial charge in [0.15, 0.2) is 5.58 Å². The topological polar surface area (TPSA) is 92.4 Å². The first-order valence-electron chi connectivity index (χ1n) is 9.64. The summed E-state index contributed by atoms with van der Waals surface area (Å²) in [4.78, 5) is 27.1. The van der Waals surface area contributed by atoms with Gasteiger partial charge in [-0.05, 0) is 53.6 Å². The number of carboxylic acid groups (broad SMARTS) is 1. The Morgan fingerprint density at radius 3 is 2.58 bits per heavy atom. The van der Waals surface area contributed by atoms with Gasteiger partial charge in [0.2, 0.25) is 11.8 Å². The van der Waals surface area contributed by atoms with Gasteiger partial charge in [-0.15, -0.1) is 0 Å². The second kappa shape index (κ2) is 8.99. The number of amides is 1. The molecule has 0 aliphatic carbocycles. The molecule has 1 heterocycles. The lowest BCUT2D eigenvalue weighted by Crippen LogP contribution is -2.09. The van der Waals surface area contributed by atoms with Crippen LogP contribution < -0.4 is 5.32 Å². The molecule has 1 amide bonds. The molecular formula is C24H15F3N2O4. The summed E-state index contributed by atoms with van der Waals surface area (Å²) in [6.45, 7) is 0. The first kappa shape index (κ1) is 21.8. The molecule has 0 radical (unpaired) electrons. The number of rotatable bonds is 6. The average molecular weight is 452 g/mol. The summed E-state index contributed by atoms with van der Waals surface area (Å²) in [5.41, 5.74) is 1.42. The van der Waals surface area contributed by atoms with Crippen molar-refractivity contribution in [1.82, 2.24) is 4.98 Å². The summed E-state index contributed by atoms with van der Waals surface area (Å²) in [6.07, 6.45) is 2.19. The van der Waals surface area contributed by atoms with E-state index in [9.17, 15) is 22.8 Å². The maximum absolute atomic E-state index is 14.7. The smallest absolute Gasteiger partial charge is 0.307 e. The summed E-state index contributed by atoms with van der Waals surface area (Å²) < 4.78 is 47.1. The molecule has 0 saturated heterocycles. The Hall–Kier alpha value is -4.40. The van der Waals surface area contributed by atoms with Crippen LogP contribution in [0.15, 0.2) is 65.1 Å². The van der Waals surface area contributed by atoms with Crippen LogP contribution in [0.1, 0.15) is 11.1 Å². The molecule has 9 heteroatoms. The monoisotopic (exact) mass is 452 g/mol. The number of fused-ring (bicyclic) bond motifs is 1. The molecule has 0 unspecified atom stereocenters. The zero-order chi connectivity index (χ0) is 23.5. The number of carboxylic acids is 1. The number of benzene rings is 3. The van der Waals surface area contributed by atoms with E-state index < -0.39 is 29.3 Å². The van der Waals surface area contributed by atoms with Gasteiger partial charge in [0.25, 0.3) is 0 Å². The lowest BCUT2D eigenvalue weighted by molar-refractivity contribution is -0.136. The molecule has 0 aliphatic heterocycles. The highest BCUT2D eigenvalue weighted by molar-refractivity contribution is 6.02. The molecule has 4 rings (SSSR count). The highest BCUT2D eigenvalue weighted by Crippen LogP contribution is 2.28. The zero-order valence-electron chi connectivity index (χ0n) is 16.8. The van der Waals surface area contributed by atoms with Crippen molar-refractivity contribution in [2.45, 2.75) is 6.42 Å². The molecule has 166 valence electrons. The first-order chi connectivity index (χ1) is 15.8. The number of nitrogens with zero attached hydrogens (tertiary/aromatic N) is 1. The Kier molecular flexibility index (Phi) is 5.95. The predicted molar refractivity (Wildman–Crippen MR) is 115 cm³/mol. The minimum atomic E-state index is -0.984. The van der Waals surface area contributed by atoms with Crippen LogP contribution in [0.3, 0.4) is 0 Å².